The summed E-state index contributed by atoms with van der Waals surface area (Å²) >= 11 is 0. The number of rotatable bonds is 5. The molecule has 2 amide bonds. The summed E-state index contributed by atoms with van der Waals surface area (Å²) in [5.41, 5.74) is 0. The van der Waals surface area contributed by atoms with E-state index >= 15 is 0 Å². The van der Waals surface area contributed by atoms with Crippen LogP contribution in [0.5, 0.6) is 0 Å². The van der Waals surface area contributed by atoms with Crippen LogP contribution in [0.2, 0.25) is 0 Å². The van der Waals surface area contributed by atoms with E-state index in [-0.39, 0.29) is 6.03 Å². The lowest BCUT2D eigenvalue weighted by molar-refractivity contribution is 0.216. The second-order valence-electron chi connectivity index (χ2n) is 5.56. The number of amides is 2. The molecular formula is C13H25N3O. The average Bonchev–Trinajstić information content (AvgIpc) is 2.71. The van der Waals surface area contributed by atoms with E-state index in [1.807, 2.05) is 4.90 Å². The summed E-state index contributed by atoms with van der Waals surface area (Å²) in [6.07, 6.45) is 5.55. The van der Waals surface area contributed by atoms with Gasteiger partial charge in [0.2, 0.25) is 0 Å². The number of urea groups is 1. The van der Waals surface area contributed by atoms with Crippen molar-refractivity contribution >= 4 is 6.03 Å². The summed E-state index contributed by atoms with van der Waals surface area (Å²) in [6.45, 7) is 6.92. The third-order valence-corrected chi connectivity index (χ3v) is 3.98. The van der Waals surface area contributed by atoms with Crippen molar-refractivity contribution in [1.82, 2.24) is 15.5 Å². The number of hydrogen-bond donors (Lipinski definition) is 2. The average molecular weight is 239 g/mol. The SMILES string of the molecule is CC1CCCC(CNCCN2CCNC2=O)C1. The molecule has 1 aliphatic heterocycles. The molecule has 0 aromatic carbocycles. The van der Waals surface area contributed by atoms with E-state index < -0.39 is 0 Å². The smallest absolute Gasteiger partial charge is 0.317 e. The number of carbonyl (C=O) groups excluding carboxylic acids is 1. The summed E-state index contributed by atoms with van der Waals surface area (Å²) < 4.78 is 0. The van der Waals surface area contributed by atoms with Gasteiger partial charge in [0, 0.05) is 26.2 Å². The molecule has 2 N–H and O–H groups in total. The molecule has 2 rings (SSSR count). The summed E-state index contributed by atoms with van der Waals surface area (Å²) in [5.74, 6) is 1.76. The zero-order chi connectivity index (χ0) is 12.1. The predicted octanol–water partition coefficient (Wildman–Crippen LogP) is 1.43. The molecule has 1 heterocycles. The molecule has 0 spiro atoms. The molecule has 1 aliphatic carbocycles. The Kier molecular flexibility index (Phi) is 4.66. The minimum Gasteiger partial charge on any atom is -0.336 e. The predicted molar refractivity (Wildman–Crippen MR) is 69.0 cm³/mol. The quantitative estimate of drug-likeness (QED) is 0.713. The van der Waals surface area contributed by atoms with Gasteiger partial charge in [-0.25, -0.2) is 4.79 Å². The van der Waals surface area contributed by atoms with Crippen molar-refractivity contribution in [3.63, 3.8) is 0 Å². The summed E-state index contributed by atoms with van der Waals surface area (Å²) in [5, 5.41) is 6.33. The van der Waals surface area contributed by atoms with E-state index in [9.17, 15) is 4.79 Å². The monoisotopic (exact) mass is 239 g/mol. The zero-order valence-corrected chi connectivity index (χ0v) is 10.9. The fourth-order valence-corrected chi connectivity index (χ4v) is 2.99. The van der Waals surface area contributed by atoms with Crippen molar-refractivity contribution in [1.29, 1.82) is 0 Å². The van der Waals surface area contributed by atoms with Gasteiger partial charge in [-0.05, 0) is 31.2 Å². The fraction of sp³-hybridized carbons (Fsp3) is 0.923. The Morgan fingerprint density at radius 1 is 1.47 bits per heavy atom. The van der Waals surface area contributed by atoms with Crippen LogP contribution >= 0.6 is 0 Å². The molecule has 0 aromatic heterocycles. The molecule has 2 aliphatic rings. The topological polar surface area (TPSA) is 44.4 Å². The van der Waals surface area contributed by atoms with Gasteiger partial charge in [0.25, 0.3) is 0 Å². The van der Waals surface area contributed by atoms with Gasteiger partial charge >= 0.3 is 6.03 Å². The lowest BCUT2D eigenvalue weighted by atomic mass is 9.82. The highest BCUT2D eigenvalue weighted by Crippen LogP contribution is 2.27. The maximum atomic E-state index is 11.3. The Balaban J connectivity index is 1.55. The second-order valence-corrected chi connectivity index (χ2v) is 5.56. The van der Waals surface area contributed by atoms with Crippen LogP contribution in [0.15, 0.2) is 0 Å². The third-order valence-electron chi connectivity index (χ3n) is 3.98. The molecule has 0 radical (unpaired) electrons. The second kappa shape index (κ2) is 6.24. The molecule has 4 nitrogen and oxygen atoms in total. The fourth-order valence-electron chi connectivity index (χ4n) is 2.99. The first-order valence-electron chi connectivity index (χ1n) is 6.99. The van der Waals surface area contributed by atoms with Crippen molar-refractivity contribution in [3.05, 3.63) is 0 Å². The first-order valence-corrected chi connectivity index (χ1v) is 6.99. The summed E-state index contributed by atoms with van der Waals surface area (Å²) in [6, 6.07) is 0.0955. The van der Waals surface area contributed by atoms with Crippen molar-refractivity contribution in [2.24, 2.45) is 11.8 Å². The van der Waals surface area contributed by atoms with Crippen molar-refractivity contribution in [2.75, 3.05) is 32.7 Å². The van der Waals surface area contributed by atoms with Gasteiger partial charge in [-0.2, -0.15) is 0 Å². The van der Waals surface area contributed by atoms with E-state index in [1.54, 1.807) is 0 Å². The summed E-state index contributed by atoms with van der Waals surface area (Å²) in [4.78, 5) is 13.2. The largest absolute Gasteiger partial charge is 0.336 e. The van der Waals surface area contributed by atoms with Crippen LogP contribution in [0.3, 0.4) is 0 Å². The van der Waals surface area contributed by atoms with E-state index in [0.29, 0.717) is 0 Å². The van der Waals surface area contributed by atoms with E-state index in [1.165, 1.54) is 25.7 Å². The number of carbonyl (C=O) groups is 1. The highest BCUT2D eigenvalue weighted by Gasteiger charge is 2.20. The molecule has 1 saturated heterocycles. The van der Waals surface area contributed by atoms with Gasteiger partial charge in [0.15, 0.2) is 0 Å². The van der Waals surface area contributed by atoms with Crippen LogP contribution in [-0.2, 0) is 0 Å². The molecule has 2 atom stereocenters. The van der Waals surface area contributed by atoms with Crippen LogP contribution in [0.1, 0.15) is 32.6 Å². The minimum absolute atomic E-state index is 0.0955. The highest BCUT2D eigenvalue weighted by atomic mass is 16.2. The standard InChI is InChI=1S/C13H25N3O/c1-11-3-2-4-12(9-11)10-14-5-7-16-8-6-15-13(16)17/h11-12,14H,2-10H2,1H3,(H,15,17). The molecule has 0 bridgehead atoms. The van der Waals surface area contributed by atoms with Gasteiger partial charge in [0.1, 0.15) is 0 Å². The van der Waals surface area contributed by atoms with Gasteiger partial charge in [-0.15, -0.1) is 0 Å². The molecule has 98 valence electrons. The lowest BCUT2D eigenvalue weighted by Crippen LogP contribution is -2.36. The maximum absolute atomic E-state index is 11.3. The summed E-state index contributed by atoms with van der Waals surface area (Å²) in [7, 11) is 0. The number of hydrogen-bond acceptors (Lipinski definition) is 2. The molecule has 0 aromatic rings. The Hall–Kier alpha value is -0.770. The number of nitrogens with zero attached hydrogens (tertiary/aromatic N) is 1. The molecule has 17 heavy (non-hydrogen) atoms. The van der Waals surface area contributed by atoms with Crippen LogP contribution < -0.4 is 10.6 Å². The van der Waals surface area contributed by atoms with Crippen LogP contribution in [-0.4, -0.2) is 43.7 Å². The number of nitrogens with one attached hydrogen (secondary N) is 2. The third kappa shape index (κ3) is 3.87. The van der Waals surface area contributed by atoms with Gasteiger partial charge in [-0.1, -0.05) is 19.8 Å². The molecule has 2 unspecified atom stereocenters. The van der Waals surface area contributed by atoms with E-state index in [0.717, 1.165) is 44.6 Å². The van der Waals surface area contributed by atoms with Crippen molar-refractivity contribution < 1.29 is 4.79 Å². The van der Waals surface area contributed by atoms with Crippen molar-refractivity contribution in [2.45, 2.75) is 32.6 Å². The first-order chi connectivity index (χ1) is 8.25. The van der Waals surface area contributed by atoms with Crippen LogP contribution in [0.4, 0.5) is 4.79 Å². The van der Waals surface area contributed by atoms with Gasteiger partial charge < -0.3 is 15.5 Å². The molecule has 4 heteroatoms. The van der Waals surface area contributed by atoms with Gasteiger partial charge in [0.05, 0.1) is 0 Å². The van der Waals surface area contributed by atoms with Crippen LogP contribution in [0.25, 0.3) is 0 Å². The Labute approximate surface area is 104 Å². The van der Waals surface area contributed by atoms with Gasteiger partial charge in [-0.3, -0.25) is 0 Å². The Morgan fingerprint density at radius 2 is 2.35 bits per heavy atom. The molecule has 2 fully saturated rings. The Morgan fingerprint density at radius 3 is 3.06 bits per heavy atom. The van der Waals surface area contributed by atoms with Crippen molar-refractivity contribution in [3.8, 4) is 0 Å². The highest BCUT2D eigenvalue weighted by molar-refractivity contribution is 5.76. The van der Waals surface area contributed by atoms with E-state index in [4.69, 9.17) is 0 Å². The van der Waals surface area contributed by atoms with E-state index in [2.05, 4.69) is 17.6 Å². The lowest BCUT2D eigenvalue weighted by Gasteiger charge is -2.27. The zero-order valence-electron chi connectivity index (χ0n) is 10.9. The first kappa shape index (κ1) is 12.7. The Bertz CT molecular complexity index is 257. The van der Waals surface area contributed by atoms with Crippen LogP contribution in [0, 0.1) is 11.8 Å². The molecule has 1 saturated carbocycles. The minimum atomic E-state index is 0.0955. The normalized spacial score (nSPS) is 29.5. The molecular weight excluding hydrogens is 214 g/mol. The maximum Gasteiger partial charge on any atom is 0.317 e.